The number of nitrogens with one attached hydrogen (secondary N) is 1. The number of carbonyl (C=O) groups is 5. The third-order valence-electron chi connectivity index (χ3n) is 10.4. The summed E-state index contributed by atoms with van der Waals surface area (Å²) < 4.78 is 0. The van der Waals surface area contributed by atoms with Gasteiger partial charge in [-0.3, -0.25) is 19.2 Å². The van der Waals surface area contributed by atoms with Crippen molar-refractivity contribution in [3.8, 4) is 0 Å². The topological polar surface area (TPSA) is 161 Å². The molecule has 10 nitrogen and oxygen atoms in total. The molecule has 1 aliphatic carbocycles. The molecule has 1 fully saturated rings. The second kappa shape index (κ2) is 19.1. The zero-order chi connectivity index (χ0) is 41.2. The van der Waals surface area contributed by atoms with Gasteiger partial charge in [-0.2, -0.15) is 0 Å². The van der Waals surface area contributed by atoms with E-state index in [1.165, 1.54) is 0 Å². The van der Waals surface area contributed by atoms with Crippen LogP contribution in [-0.4, -0.2) is 44.9 Å². The second-order valence-electron chi connectivity index (χ2n) is 14.1. The van der Waals surface area contributed by atoms with Crippen LogP contribution < -0.4 is 10.2 Å². The maximum atomic E-state index is 12.4. The molecule has 57 heavy (non-hydrogen) atoms. The Bertz CT molecular complexity index is 2250. The van der Waals surface area contributed by atoms with Gasteiger partial charge in [0.2, 0.25) is 0 Å². The van der Waals surface area contributed by atoms with E-state index in [-0.39, 0.29) is 17.4 Å². The third kappa shape index (κ3) is 10.5. The van der Waals surface area contributed by atoms with E-state index in [4.69, 9.17) is 26.9 Å². The number of anilines is 3. The van der Waals surface area contributed by atoms with Gasteiger partial charge in [0.25, 0.3) is 5.91 Å². The zero-order valence-corrected chi connectivity index (χ0v) is 32.7. The van der Waals surface area contributed by atoms with E-state index in [0.717, 1.165) is 70.4 Å². The fourth-order valence-electron chi connectivity index (χ4n) is 6.69. The maximum absolute atomic E-state index is 12.4. The number of rotatable bonds is 10. The molecule has 1 aliphatic heterocycles. The molecule has 5 aromatic rings. The van der Waals surface area contributed by atoms with Gasteiger partial charge < -0.3 is 25.5 Å². The number of aliphatic carboxylic acids is 2. The van der Waals surface area contributed by atoms with Crippen molar-refractivity contribution in [1.82, 2.24) is 0 Å². The van der Waals surface area contributed by atoms with E-state index < -0.39 is 29.7 Å². The summed E-state index contributed by atoms with van der Waals surface area (Å²) in [4.78, 5) is 58.6. The van der Waals surface area contributed by atoms with Gasteiger partial charge in [-0.1, -0.05) is 84.4 Å². The normalized spacial score (nSPS) is 15.3. The summed E-state index contributed by atoms with van der Waals surface area (Å²) in [5, 5.41) is 30.8. The van der Waals surface area contributed by atoms with Crippen LogP contribution in [0.5, 0.6) is 0 Å². The molecule has 4 N–H and O–H groups in total. The summed E-state index contributed by atoms with van der Waals surface area (Å²) >= 11 is 6.03. The van der Waals surface area contributed by atoms with Crippen molar-refractivity contribution in [2.24, 2.45) is 5.92 Å². The molecular weight excluding hydrogens is 744 g/mol. The number of ketones is 1. The molecule has 1 saturated carbocycles. The number of benzene rings is 5. The number of amides is 1. The monoisotopic (exact) mass is 788 g/mol. The van der Waals surface area contributed by atoms with Crippen molar-refractivity contribution in [2.75, 3.05) is 10.2 Å². The smallest absolute Gasteiger partial charge is 0.337 e. The van der Waals surface area contributed by atoms with Gasteiger partial charge in [-0.25, -0.2) is 4.79 Å². The number of carboxylic acid groups (broad SMARTS) is 3. The molecule has 1 amide bonds. The van der Waals surface area contributed by atoms with Crippen LogP contribution in [0.15, 0.2) is 115 Å². The van der Waals surface area contributed by atoms with Gasteiger partial charge in [0, 0.05) is 34.3 Å². The van der Waals surface area contributed by atoms with Crippen LogP contribution in [0.2, 0.25) is 5.02 Å². The van der Waals surface area contributed by atoms with E-state index in [1.807, 2.05) is 67.6 Å². The number of carboxylic acids is 3. The Kier molecular flexibility index (Phi) is 14.0. The minimum atomic E-state index is -0.960. The van der Waals surface area contributed by atoms with Crippen LogP contribution in [0.1, 0.15) is 93.5 Å². The van der Waals surface area contributed by atoms with E-state index >= 15 is 0 Å². The predicted molar refractivity (Wildman–Crippen MR) is 221 cm³/mol. The van der Waals surface area contributed by atoms with Gasteiger partial charge in [-0.15, -0.1) is 0 Å². The van der Waals surface area contributed by atoms with Crippen LogP contribution in [-0.2, 0) is 27.3 Å². The number of aromatic carboxylic acids is 1. The molecule has 0 saturated heterocycles. The lowest BCUT2D eigenvalue weighted by atomic mass is 9.94. The minimum Gasteiger partial charge on any atom is -0.481 e. The first-order chi connectivity index (χ1) is 27.2. The van der Waals surface area contributed by atoms with Gasteiger partial charge in [0.1, 0.15) is 5.78 Å². The third-order valence-corrected chi connectivity index (χ3v) is 10.8. The lowest BCUT2D eigenvalue weighted by Gasteiger charge is -2.16. The molecule has 3 atom stereocenters. The Morgan fingerprint density at radius 1 is 0.754 bits per heavy atom. The Balaban J connectivity index is 0.000000164. The highest BCUT2D eigenvalue weighted by Gasteiger charge is 2.28. The van der Waals surface area contributed by atoms with Gasteiger partial charge >= 0.3 is 17.9 Å². The number of nitrogens with zero attached hydrogens (tertiary/aromatic N) is 1. The largest absolute Gasteiger partial charge is 0.481 e. The first-order valence-electron chi connectivity index (χ1n) is 18.7. The molecule has 1 heterocycles. The fraction of sp³-hybridized carbons (Fsp3) is 0.239. The van der Waals surface area contributed by atoms with Crippen molar-refractivity contribution in [3.63, 3.8) is 0 Å². The SMILES string of the molecule is CC(C(=O)O)c1ccc(CC2CCCC2=O)cc1.CC(C(=O)O)c1ccc(N2Cc3ccccc3C2=O)cc1.Cc1c(Cl)cccc1Nc1ccccc1C(=O)O. The molecule has 11 heteroatoms. The number of fused-ring (bicyclic) bond motifs is 1. The van der Waals surface area contributed by atoms with Crippen molar-refractivity contribution >= 4 is 58.3 Å². The standard InChI is InChI=1S/C17H15NO3.C15H18O3.C14H12ClNO2/c1-11(17(20)21)12-6-8-14(9-7-12)18-10-13-4-2-3-5-15(13)16(18)19;1-10(15(17)18)12-7-5-11(6-8-12)9-13-3-2-4-14(13)16;1-9-11(15)6-4-8-12(9)16-13-7-3-2-5-10(13)14(17)18/h2-9,11H,10H2,1H3,(H,20,21);5-8,10,13H,2-4,9H2,1H3,(H,17,18);2-8,16H,1H3,(H,17,18). The molecule has 0 radical (unpaired) electrons. The average Bonchev–Trinajstić information content (AvgIpc) is 3.78. The maximum Gasteiger partial charge on any atom is 0.337 e. The van der Waals surface area contributed by atoms with Crippen LogP contribution in [0.25, 0.3) is 0 Å². The summed E-state index contributed by atoms with van der Waals surface area (Å²) in [6.45, 7) is 5.77. The van der Waals surface area contributed by atoms with Crippen LogP contribution in [0, 0.1) is 12.8 Å². The first kappa shape index (κ1) is 41.9. The first-order valence-corrected chi connectivity index (χ1v) is 19.0. The van der Waals surface area contributed by atoms with Crippen molar-refractivity contribution in [1.29, 1.82) is 0 Å². The summed E-state index contributed by atoms with van der Waals surface area (Å²) in [6, 6.07) is 34.6. The highest BCUT2D eigenvalue weighted by molar-refractivity contribution is 6.31. The van der Waals surface area contributed by atoms with E-state index in [9.17, 15) is 24.0 Å². The molecule has 3 unspecified atom stereocenters. The van der Waals surface area contributed by atoms with Crippen molar-refractivity contribution in [3.05, 3.63) is 159 Å². The molecule has 2 aliphatic rings. The minimum absolute atomic E-state index is 0.00960. The molecule has 0 aromatic heterocycles. The predicted octanol–water partition coefficient (Wildman–Crippen LogP) is 9.91. The van der Waals surface area contributed by atoms with Crippen molar-refractivity contribution in [2.45, 2.75) is 64.8 Å². The molecular formula is C46H45ClN2O8. The molecule has 5 aromatic carbocycles. The Labute approximate surface area is 336 Å². The summed E-state index contributed by atoms with van der Waals surface area (Å²) in [7, 11) is 0. The number of hydrogen-bond acceptors (Lipinski definition) is 6. The summed E-state index contributed by atoms with van der Waals surface area (Å²) in [6.07, 6.45) is 3.52. The van der Waals surface area contributed by atoms with Crippen LogP contribution >= 0.6 is 11.6 Å². The molecule has 294 valence electrons. The van der Waals surface area contributed by atoms with Crippen molar-refractivity contribution < 1.29 is 39.3 Å². The summed E-state index contributed by atoms with van der Waals surface area (Å²) in [5.41, 5.74) is 7.68. The summed E-state index contributed by atoms with van der Waals surface area (Å²) in [5.74, 6) is -3.12. The average molecular weight is 789 g/mol. The van der Waals surface area contributed by atoms with Gasteiger partial charge in [0.05, 0.1) is 29.6 Å². The zero-order valence-electron chi connectivity index (χ0n) is 31.9. The van der Waals surface area contributed by atoms with Gasteiger partial charge in [0.15, 0.2) is 0 Å². The second-order valence-corrected chi connectivity index (χ2v) is 14.6. The number of hydrogen-bond donors (Lipinski definition) is 4. The number of halogens is 1. The molecule has 0 spiro atoms. The Hall–Kier alpha value is -6.26. The fourth-order valence-corrected chi connectivity index (χ4v) is 6.86. The highest BCUT2D eigenvalue weighted by Crippen LogP contribution is 2.31. The van der Waals surface area contributed by atoms with E-state index in [1.54, 1.807) is 73.3 Å². The number of para-hydroxylation sites is 1. The number of carbonyl (C=O) groups excluding carboxylic acids is 2. The molecule has 7 rings (SSSR count). The quantitative estimate of drug-likeness (QED) is 0.108. The van der Waals surface area contributed by atoms with Crippen LogP contribution in [0.3, 0.4) is 0 Å². The van der Waals surface area contributed by atoms with Gasteiger partial charge in [-0.05, 0) is 110 Å². The van der Waals surface area contributed by atoms with Crippen LogP contribution in [0.4, 0.5) is 17.1 Å². The Morgan fingerprint density at radius 2 is 1.33 bits per heavy atom. The Morgan fingerprint density at radius 3 is 1.91 bits per heavy atom. The highest BCUT2D eigenvalue weighted by atomic mass is 35.5. The molecule has 0 bridgehead atoms. The number of Topliss-reactive ketones (excluding diaryl/α,β-unsaturated/α-hetero) is 1. The van der Waals surface area contributed by atoms with E-state index in [0.29, 0.717) is 23.0 Å². The van der Waals surface area contributed by atoms with E-state index in [2.05, 4.69) is 5.32 Å². The lowest BCUT2D eigenvalue weighted by Crippen LogP contribution is -2.23. The lowest BCUT2D eigenvalue weighted by molar-refractivity contribution is -0.139.